The van der Waals surface area contributed by atoms with Gasteiger partial charge in [0.25, 0.3) is 5.78 Å². The highest BCUT2D eigenvalue weighted by atomic mass is 35.5. The van der Waals surface area contributed by atoms with Crippen molar-refractivity contribution in [3.63, 3.8) is 0 Å². The Bertz CT molecular complexity index is 1570. The van der Waals surface area contributed by atoms with Crippen LogP contribution in [0, 0.1) is 0 Å². The van der Waals surface area contributed by atoms with E-state index in [9.17, 15) is 19.5 Å². The highest BCUT2D eigenvalue weighted by molar-refractivity contribution is 7.22. The van der Waals surface area contributed by atoms with Crippen LogP contribution in [0.5, 0.6) is 0 Å². The average Bonchev–Trinajstić information content (AvgIpc) is 3.45. The normalized spacial score (nSPS) is 16.9. The minimum Gasteiger partial charge on any atom is -0.507 e. The van der Waals surface area contributed by atoms with Crippen LogP contribution < -0.4 is 4.90 Å². The molecule has 7 nitrogen and oxygen atoms in total. The van der Waals surface area contributed by atoms with Gasteiger partial charge in [-0.2, -0.15) is 0 Å². The SMILES string of the molecule is CCc1ccc2nc(N3C(=O)C(=O)/C(=C(/O)c4ccc(Cl)cc4)[C@@H]3c3ccc(C(=O)OC)cc3)sc2c1. The summed E-state index contributed by atoms with van der Waals surface area (Å²) in [6, 6.07) is 17.6. The van der Waals surface area contributed by atoms with Crippen LogP contribution in [0.4, 0.5) is 5.13 Å². The lowest BCUT2D eigenvalue weighted by atomic mass is 9.95. The van der Waals surface area contributed by atoms with Crippen molar-refractivity contribution in [1.82, 2.24) is 4.98 Å². The zero-order valence-electron chi connectivity index (χ0n) is 19.9. The smallest absolute Gasteiger partial charge is 0.337 e. The first-order chi connectivity index (χ1) is 17.8. The summed E-state index contributed by atoms with van der Waals surface area (Å²) in [6.07, 6.45) is 0.849. The van der Waals surface area contributed by atoms with Gasteiger partial charge in [-0.1, -0.05) is 48.1 Å². The van der Waals surface area contributed by atoms with E-state index in [1.54, 1.807) is 48.5 Å². The second-order valence-electron chi connectivity index (χ2n) is 8.44. The van der Waals surface area contributed by atoms with E-state index in [2.05, 4.69) is 11.9 Å². The molecule has 186 valence electrons. The number of Topliss-reactive ketones (excluding diaryl/α,β-unsaturated/α-hetero) is 1. The lowest BCUT2D eigenvalue weighted by molar-refractivity contribution is -0.132. The number of carbonyl (C=O) groups is 3. The summed E-state index contributed by atoms with van der Waals surface area (Å²) in [5.74, 6) is -2.47. The monoisotopic (exact) mass is 532 g/mol. The molecule has 1 aliphatic rings. The molecule has 4 aromatic rings. The molecule has 1 aromatic heterocycles. The fourth-order valence-electron chi connectivity index (χ4n) is 4.31. The van der Waals surface area contributed by atoms with E-state index >= 15 is 0 Å². The molecule has 9 heteroatoms. The first-order valence-electron chi connectivity index (χ1n) is 11.5. The molecule has 0 saturated carbocycles. The largest absolute Gasteiger partial charge is 0.507 e. The van der Waals surface area contributed by atoms with Gasteiger partial charge < -0.3 is 9.84 Å². The predicted molar refractivity (Wildman–Crippen MR) is 143 cm³/mol. The van der Waals surface area contributed by atoms with Crippen LogP contribution in [-0.4, -0.2) is 34.9 Å². The molecule has 1 N–H and O–H groups in total. The molecular weight excluding hydrogens is 512 g/mol. The minimum absolute atomic E-state index is 0.0772. The van der Waals surface area contributed by atoms with Crippen LogP contribution in [0.2, 0.25) is 5.02 Å². The van der Waals surface area contributed by atoms with Gasteiger partial charge in [-0.05, 0) is 66.1 Å². The van der Waals surface area contributed by atoms with E-state index in [0.29, 0.717) is 32.4 Å². The molecule has 0 radical (unpaired) electrons. The van der Waals surface area contributed by atoms with Gasteiger partial charge in [-0.3, -0.25) is 14.5 Å². The molecule has 0 unspecified atom stereocenters. The number of ketones is 1. The Hall–Kier alpha value is -4.01. The number of methoxy groups -OCH3 is 1. The van der Waals surface area contributed by atoms with Gasteiger partial charge in [0, 0.05) is 10.6 Å². The molecule has 1 amide bonds. The standard InChI is InChI=1S/C28H21ClN2O5S/c1-3-15-4-13-20-21(14-15)37-28(30-20)31-23(16-5-7-18(8-6-16)27(35)36-2)22(25(33)26(31)34)24(32)17-9-11-19(29)12-10-17/h4-14,23,32H,3H2,1-2H3/b24-22+/t23-/m0/s1. The third-order valence-electron chi connectivity index (χ3n) is 6.27. The van der Waals surface area contributed by atoms with Crippen molar-refractivity contribution in [2.75, 3.05) is 12.0 Å². The topological polar surface area (TPSA) is 96.8 Å². The van der Waals surface area contributed by atoms with Crippen molar-refractivity contribution < 1.29 is 24.2 Å². The van der Waals surface area contributed by atoms with Crippen molar-refractivity contribution in [3.8, 4) is 0 Å². The number of ether oxygens (including phenoxy) is 1. The van der Waals surface area contributed by atoms with Crippen LogP contribution >= 0.6 is 22.9 Å². The van der Waals surface area contributed by atoms with Crippen molar-refractivity contribution in [2.45, 2.75) is 19.4 Å². The van der Waals surface area contributed by atoms with Crippen molar-refractivity contribution in [1.29, 1.82) is 0 Å². The second kappa shape index (κ2) is 9.80. The number of benzene rings is 3. The number of amides is 1. The molecule has 0 spiro atoms. The van der Waals surface area contributed by atoms with Gasteiger partial charge in [0.15, 0.2) is 5.13 Å². The van der Waals surface area contributed by atoms with Crippen LogP contribution in [0.15, 0.2) is 72.3 Å². The summed E-state index contributed by atoms with van der Waals surface area (Å²) in [5, 5.41) is 12.0. The Morgan fingerprint density at radius 2 is 1.73 bits per heavy atom. The molecule has 0 aliphatic carbocycles. The Morgan fingerprint density at radius 1 is 1.05 bits per heavy atom. The van der Waals surface area contributed by atoms with Gasteiger partial charge in [-0.25, -0.2) is 9.78 Å². The maximum atomic E-state index is 13.4. The Kier molecular flexibility index (Phi) is 6.54. The van der Waals surface area contributed by atoms with Gasteiger partial charge in [-0.15, -0.1) is 0 Å². The number of thiazole rings is 1. The Balaban J connectivity index is 1.70. The molecule has 1 saturated heterocycles. The fraction of sp³-hybridized carbons (Fsp3) is 0.143. The fourth-order valence-corrected chi connectivity index (χ4v) is 5.49. The zero-order chi connectivity index (χ0) is 26.3. The van der Waals surface area contributed by atoms with E-state index in [-0.39, 0.29) is 11.3 Å². The van der Waals surface area contributed by atoms with Gasteiger partial charge in [0.05, 0.1) is 34.5 Å². The third kappa shape index (κ3) is 4.39. The quantitative estimate of drug-likeness (QED) is 0.148. The lowest BCUT2D eigenvalue weighted by Gasteiger charge is -2.23. The number of hydrogen-bond acceptors (Lipinski definition) is 7. The first-order valence-corrected chi connectivity index (χ1v) is 12.7. The van der Waals surface area contributed by atoms with Gasteiger partial charge >= 0.3 is 11.9 Å². The minimum atomic E-state index is -0.964. The Labute approximate surface area is 221 Å². The number of aromatic nitrogens is 1. The number of rotatable bonds is 5. The number of aliphatic hydroxyl groups excluding tert-OH is 1. The Morgan fingerprint density at radius 3 is 2.38 bits per heavy atom. The lowest BCUT2D eigenvalue weighted by Crippen LogP contribution is -2.29. The number of carbonyl (C=O) groups excluding carboxylic acids is 3. The van der Waals surface area contributed by atoms with Crippen LogP contribution in [0.25, 0.3) is 16.0 Å². The number of halogens is 1. The van der Waals surface area contributed by atoms with Crippen molar-refractivity contribution >= 4 is 61.7 Å². The number of aliphatic hydroxyl groups is 1. The number of hydrogen-bond donors (Lipinski definition) is 1. The van der Waals surface area contributed by atoms with Crippen molar-refractivity contribution in [2.24, 2.45) is 0 Å². The second-order valence-corrected chi connectivity index (χ2v) is 9.89. The summed E-state index contributed by atoms with van der Waals surface area (Å²) in [5.41, 5.74) is 2.94. The molecule has 37 heavy (non-hydrogen) atoms. The van der Waals surface area contributed by atoms with E-state index in [1.165, 1.54) is 23.3 Å². The summed E-state index contributed by atoms with van der Waals surface area (Å²) in [6.45, 7) is 2.05. The molecule has 2 heterocycles. The number of fused-ring (bicyclic) bond motifs is 1. The van der Waals surface area contributed by atoms with E-state index in [1.807, 2.05) is 18.2 Å². The molecule has 0 bridgehead atoms. The zero-order valence-corrected chi connectivity index (χ0v) is 21.5. The summed E-state index contributed by atoms with van der Waals surface area (Å²) < 4.78 is 5.66. The first kappa shape index (κ1) is 24.7. The number of aryl methyl sites for hydroxylation is 1. The van der Waals surface area contributed by atoms with E-state index in [4.69, 9.17) is 16.3 Å². The molecule has 1 fully saturated rings. The summed E-state index contributed by atoms with van der Waals surface area (Å²) in [7, 11) is 1.29. The van der Waals surface area contributed by atoms with Gasteiger partial charge in [0.1, 0.15) is 5.76 Å². The molecule has 3 aromatic carbocycles. The van der Waals surface area contributed by atoms with Gasteiger partial charge in [0.2, 0.25) is 0 Å². The predicted octanol–water partition coefficient (Wildman–Crippen LogP) is 5.93. The summed E-state index contributed by atoms with van der Waals surface area (Å²) in [4.78, 5) is 44.7. The maximum absolute atomic E-state index is 13.4. The maximum Gasteiger partial charge on any atom is 0.337 e. The van der Waals surface area contributed by atoms with Crippen LogP contribution in [-0.2, 0) is 20.7 Å². The molecular formula is C28H21ClN2O5S. The number of nitrogens with zero attached hydrogens (tertiary/aromatic N) is 2. The summed E-state index contributed by atoms with van der Waals surface area (Å²) >= 11 is 7.29. The molecule has 1 atom stereocenters. The average molecular weight is 533 g/mol. The number of esters is 1. The van der Waals surface area contributed by atoms with E-state index < -0.39 is 23.7 Å². The van der Waals surface area contributed by atoms with Crippen LogP contribution in [0.1, 0.15) is 40.0 Å². The highest BCUT2D eigenvalue weighted by Gasteiger charge is 2.48. The van der Waals surface area contributed by atoms with Crippen molar-refractivity contribution in [3.05, 3.63) is 99.6 Å². The van der Waals surface area contributed by atoms with E-state index in [0.717, 1.165) is 16.7 Å². The third-order valence-corrected chi connectivity index (χ3v) is 7.53. The molecule has 1 aliphatic heterocycles. The highest BCUT2D eigenvalue weighted by Crippen LogP contribution is 2.44. The van der Waals surface area contributed by atoms with Crippen LogP contribution in [0.3, 0.4) is 0 Å². The number of anilines is 1. The molecule has 5 rings (SSSR count).